The molecule has 1 aromatic rings. The lowest BCUT2D eigenvalue weighted by Crippen LogP contribution is -2.18. The highest BCUT2D eigenvalue weighted by Crippen LogP contribution is 2.00. The van der Waals surface area contributed by atoms with Crippen molar-refractivity contribution in [2.45, 2.75) is 19.2 Å². The minimum atomic E-state index is -0.869. The van der Waals surface area contributed by atoms with Gasteiger partial charge in [0, 0.05) is 20.0 Å². The Morgan fingerprint density at radius 2 is 1.89 bits per heavy atom. The average molecular weight is 270 g/mol. The predicted molar refractivity (Wildman–Crippen MR) is 75.7 cm³/mol. The van der Waals surface area contributed by atoms with Crippen LogP contribution in [0.2, 0.25) is 0 Å². The summed E-state index contributed by atoms with van der Waals surface area (Å²) >= 11 is 5.53. The Hall–Kier alpha value is -1.48. The Kier molecular flexibility index (Phi) is 8.76. The first kappa shape index (κ1) is 16.5. The number of alkyl halides is 1. The first-order valence-corrected chi connectivity index (χ1v) is 6.27. The van der Waals surface area contributed by atoms with Gasteiger partial charge in [-0.25, -0.2) is 4.79 Å². The van der Waals surface area contributed by atoms with E-state index in [1.165, 1.54) is 5.56 Å². The Balaban J connectivity index is 0.000000327. The van der Waals surface area contributed by atoms with Gasteiger partial charge in [-0.2, -0.15) is 0 Å². The standard InChI is InChI=1S/C7H7Cl.C7H13NO2/c8-6-7-4-2-1-3-5-7;1-4-5-6(7(9)10)8(2)3/h1-5H,6H2;5H,4H2,1-3H3,(H,9,10)/b;6-5+. The van der Waals surface area contributed by atoms with Crippen LogP contribution in [0.25, 0.3) is 0 Å². The number of nitrogens with zero attached hydrogens (tertiary/aromatic N) is 1. The largest absolute Gasteiger partial charge is 0.477 e. The van der Waals surface area contributed by atoms with Gasteiger partial charge in [-0.05, 0) is 12.0 Å². The maximum absolute atomic E-state index is 10.4. The molecule has 0 fully saturated rings. The Morgan fingerprint density at radius 1 is 1.33 bits per heavy atom. The van der Waals surface area contributed by atoms with E-state index in [-0.39, 0.29) is 0 Å². The maximum atomic E-state index is 10.4. The van der Waals surface area contributed by atoms with Crippen molar-refractivity contribution >= 4 is 17.6 Å². The molecule has 0 aliphatic carbocycles. The maximum Gasteiger partial charge on any atom is 0.351 e. The van der Waals surface area contributed by atoms with Crippen LogP contribution in [0.15, 0.2) is 42.1 Å². The zero-order valence-corrected chi connectivity index (χ0v) is 11.8. The van der Waals surface area contributed by atoms with Crippen LogP contribution in [0.1, 0.15) is 18.9 Å². The van der Waals surface area contributed by atoms with E-state index in [9.17, 15) is 4.79 Å². The van der Waals surface area contributed by atoms with Gasteiger partial charge in [0.05, 0.1) is 0 Å². The summed E-state index contributed by atoms with van der Waals surface area (Å²) < 4.78 is 0. The third-order valence-electron chi connectivity index (χ3n) is 2.10. The van der Waals surface area contributed by atoms with Crippen LogP contribution in [-0.4, -0.2) is 30.1 Å². The Labute approximate surface area is 114 Å². The first-order valence-electron chi connectivity index (χ1n) is 5.73. The lowest BCUT2D eigenvalue weighted by molar-refractivity contribution is -0.134. The van der Waals surface area contributed by atoms with Crippen LogP contribution >= 0.6 is 11.6 Å². The van der Waals surface area contributed by atoms with Crippen LogP contribution in [0.5, 0.6) is 0 Å². The van der Waals surface area contributed by atoms with Crippen LogP contribution in [-0.2, 0) is 10.7 Å². The number of rotatable bonds is 4. The second kappa shape index (κ2) is 9.54. The molecule has 0 radical (unpaired) electrons. The van der Waals surface area contributed by atoms with E-state index in [0.29, 0.717) is 11.6 Å². The Bertz CT molecular complexity index is 375. The summed E-state index contributed by atoms with van der Waals surface area (Å²) in [7, 11) is 3.44. The number of allylic oxidation sites excluding steroid dienone is 1. The molecule has 0 saturated carbocycles. The van der Waals surface area contributed by atoms with Crippen LogP contribution in [0, 0.1) is 0 Å². The molecule has 0 atom stereocenters. The van der Waals surface area contributed by atoms with Gasteiger partial charge in [-0.1, -0.05) is 43.3 Å². The van der Waals surface area contributed by atoms with Crippen molar-refractivity contribution in [1.29, 1.82) is 0 Å². The number of halogens is 1. The molecular formula is C14H20ClNO2. The smallest absolute Gasteiger partial charge is 0.351 e. The first-order chi connectivity index (χ1) is 8.52. The van der Waals surface area contributed by atoms with E-state index in [1.807, 2.05) is 37.3 Å². The topological polar surface area (TPSA) is 40.5 Å². The summed E-state index contributed by atoms with van der Waals surface area (Å²) in [6.07, 6.45) is 2.43. The third kappa shape index (κ3) is 6.97. The fraction of sp³-hybridized carbons (Fsp3) is 0.357. The summed E-state index contributed by atoms with van der Waals surface area (Å²) in [5, 5.41) is 8.56. The minimum absolute atomic E-state index is 0.350. The number of benzene rings is 1. The van der Waals surface area contributed by atoms with Gasteiger partial charge in [0.25, 0.3) is 0 Å². The van der Waals surface area contributed by atoms with Gasteiger partial charge < -0.3 is 10.0 Å². The van der Waals surface area contributed by atoms with Crippen molar-refractivity contribution in [3.05, 3.63) is 47.7 Å². The number of likely N-dealkylation sites (N-methyl/N-ethyl adjacent to an activating group) is 1. The number of carboxylic acid groups (broad SMARTS) is 1. The van der Waals surface area contributed by atoms with Crippen LogP contribution in [0.3, 0.4) is 0 Å². The molecule has 18 heavy (non-hydrogen) atoms. The summed E-state index contributed by atoms with van der Waals surface area (Å²) in [6, 6.07) is 9.96. The van der Waals surface area contributed by atoms with Gasteiger partial charge >= 0.3 is 5.97 Å². The molecule has 0 amide bonds. The SMILES string of the molecule is CC/C=C(\C(=O)O)N(C)C.ClCc1ccccc1. The van der Waals surface area contributed by atoms with Gasteiger partial charge in [-0.15, -0.1) is 11.6 Å². The van der Waals surface area contributed by atoms with E-state index in [1.54, 1.807) is 25.1 Å². The second-order valence-corrected chi connectivity index (χ2v) is 4.08. The highest BCUT2D eigenvalue weighted by Gasteiger charge is 2.06. The zero-order valence-electron chi connectivity index (χ0n) is 11.1. The molecule has 0 unspecified atom stereocenters. The highest BCUT2D eigenvalue weighted by molar-refractivity contribution is 6.17. The van der Waals surface area contributed by atoms with Crippen molar-refractivity contribution < 1.29 is 9.90 Å². The highest BCUT2D eigenvalue weighted by atomic mass is 35.5. The van der Waals surface area contributed by atoms with E-state index in [4.69, 9.17) is 16.7 Å². The molecule has 1 aromatic carbocycles. The molecular weight excluding hydrogens is 250 g/mol. The minimum Gasteiger partial charge on any atom is -0.477 e. The molecule has 0 heterocycles. The van der Waals surface area contributed by atoms with Crippen molar-refractivity contribution in [2.75, 3.05) is 14.1 Å². The quantitative estimate of drug-likeness (QED) is 0.673. The van der Waals surface area contributed by atoms with E-state index >= 15 is 0 Å². The van der Waals surface area contributed by atoms with Crippen LogP contribution < -0.4 is 0 Å². The fourth-order valence-electron chi connectivity index (χ4n) is 1.22. The van der Waals surface area contributed by atoms with Crippen molar-refractivity contribution in [1.82, 2.24) is 4.90 Å². The van der Waals surface area contributed by atoms with Crippen molar-refractivity contribution in [2.24, 2.45) is 0 Å². The molecule has 3 nitrogen and oxygen atoms in total. The monoisotopic (exact) mass is 269 g/mol. The normalized spacial score (nSPS) is 10.3. The molecule has 0 spiro atoms. The molecule has 100 valence electrons. The van der Waals surface area contributed by atoms with Gasteiger partial charge in [0.1, 0.15) is 5.70 Å². The second-order valence-electron chi connectivity index (χ2n) is 3.82. The van der Waals surface area contributed by atoms with Crippen molar-refractivity contribution in [3.8, 4) is 0 Å². The third-order valence-corrected chi connectivity index (χ3v) is 2.40. The van der Waals surface area contributed by atoms with E-state index in [2.05, 4.69) is 0 Å². The molecule has 0 bridgehead atoms. The molecule has 0 saturated heterocycles. The lowest BCUT2D eigenvalue weighted by atomic mass is 10.2. The van der Waals surface area contributed by atoms with E-state index < -0.39 is 5.97 Å². The molecule has 4 heteroatoms. The predicted octanol–water partition coefficient (Wildman–Crippen LogP) is 3.35. The molecule has 0 aliphatic rings. The van der Waals surface area contributed by atoms with Crippen molar-refractivity contribution in [3.63, 3.8) is 0 Å². The molecule has 0 aliphatic heterocycles. The molecule has 0 aromatic heterocycles. The number of hydrogen-bond acceptors (Lipinski definition) is 2. The van der Waals surface area contributed by atoms with Gasteiger partial charge in [0.2, 0.25) is 0 Å². The summed E-state index contributed by atoms with van der Waals surface area (Å²) in [4.78, 5) is 12.0. The summed E-state index contributed by atoms with van der Waals surface area (Å²) in [6.45, 7) is 1.91. The number of hydrogen-bond donors (Lipinski definition) is 1. The summed E-state index contributed by atoms with van der Waals surface area (Å²) in [5.74, 6) is -0.257. The van der Waals surface area contributed by atoms with Crippen LogP contribution in [0.4, 0.5) is 0 Å². The van der Waals surface area contributed by atoms with Gasteiger partial charge in [0.15, 0.2) is 0 Å². The molecule has 1 rings (SSSR count). The average Bonchev–Trinajstić information content (AvgIpc) is 2.37. The summed E-state index contributed by atoms with van der Waals surface area (Å²) in [5.41, 5.74) is 1.52. The Morgan fingerprint density at radius 3 is 2.11 bits per heavy atom. The number of carbonyl (C=O) groups is 1. The molecule has 1 N–H and O–H groups in total. The fourth-order valence-corrected chi connectivity index (χ4v) is 1.40. The number of carboxylic acids is 1. The van der Waals surface area contributed by atoms with E-state index in [0.717, 1.165) is 6.42 Å². The van der Waals surface area contributed by atoms with Gasteiger partial charge in [-0.3, -0.25) is 0 Å². The zero-order chi connectivity index (χ0) is 14.0. The lowest BCUT2D eigenvalue weighted by Gasteiger charge is -2.11. The number of aliphatic carboxylic acids is 1.